The first-order valence-electron chi connectivity index (χ1n) is 1.53. The molecule has 1 heterocycles. The van der Waals surface area contributed by atoms with E-state index < -0.39 is 0 Å². The Labute approximate surface area is 38.3 Å². The van der Waals surface area contributed by atoms with Crippen molar-refractivity contribution >= 4 is 6.29 Å². The molecule has 1 aromatic rings. The van der Waals surface area contributed by atoms with Crippen molar-refractivity contribution in [3.8, 4) is 0 Å². The third-order valence-electron chi connectivity index (χ3n) is 0.415. The molecule has 0 aliphatic carbocycles. The minimum atomic E-state index is -0.0972. The maximum Gasteiger partial charge on any atom is 0.310 e. The predicted molar refractivity (Wildman–Crippen MR) is 17.5 cm³/mol. The summed E-state index contributed by atoms with van der Waals surface area (Å²) in [7, 11) is 0. The summed E-state index contributed by atoms with van der Waals surface area (Å²) >= 11 is 0. The van der Waals surface area contributed by atoms with Crippen LogP contribution >= 0.6 is 0 Å². The highest BCUT2D eigenvalue weighted by atomic mass is 16.5. The van der Waals surface area contributed by atoms with Gasteiger partial charge in [-0.25, -0.2) is 0 Å². The lowest BCUT2D eigenvalue weighted by Crippen LogP contribution is -1.75. The molecule has 0 aliphatic rings. The number of carbonyl (C=O) groups is 1. The number of hydrogen-bond donors (Lipinski definition) is 0. The van der Waals surface area contributed by atoms with E-state index in [1.165, 1.54) is 0 Å². The largest absolute Gasteiger partial charge is 0.312 e. The van der Waals surface area contributed by atoms with E-state index in [0.29, 0.717) is 6.29 Å². The zero-order valence-corrected chi connectivity index (χ0v) is 3.24. The Kier molecular flexibility index (Phi) is 0.816. The van der Waals surface area contributed by atoms with Gasteiger partial charge in [0.25, 0.3) is 0 Å². The number of carbonyl (C=O) groups excluding carboxylic acids is 1. The molecule has 0 fully saturated rings. The van der Waals surface area contributed by atoms with E-state index in [4.69, 9.17) is 0 Å². The van der Waals surface area contributed by atoms with Gasteiger partial charge in [-0.3, -0.25) is 4.79 Å². The van der Waals surface area contributed by atoms with Crippen molar-refractivity contribution in [2.45, 2.75) is 0 Å². The van der Waals surface area contributed by atoms with Crippen molar-refractivity contribution in [1.82, 2.24) is 15.6 Å². The molecule has 0 amide bonds. The van der Waals surface area contributed by atoms with E-state index >= 15 is 0 Å². The van der Waals surface area contributed by atoms with Crippen LogP contribution in [0.15, 0.2) is 4.52 Å². The monoisotopic (exact) mass is 99.0 g/mol. The van der Waals surface area contributed by atoms with Crippen molar-refractivity contribution in [2.75, 3.05) is 0 Å². The minimum Gasteiger partial charge on any atom is -0.312 e. The highest BCUT2D eigenvalue weighted by Gasteiger charge is 1.91. The molecule has 1 rings (SSSR count). The number of aromatic nitrogens is 3. The molecule has 0 bridgehead atoms. The van der Waals surface area contributed by atoms with Gasteiger partial charge >= 0.3 is 5.89 Å². The standard InChI is InChI=1S/C2HN3O2/c6-1-2-3-4-5-7-2/h1H. The smallest absolute Gasteiger partial charge is 0.310 e. The summed E-state index contributed by atoms with van der Waals surface area (Å²) in [6.07, 6.45) is 0.431. The third-order valence-corrected chi connectivity index (χ3v) is 0.415. The maximum atomic E-state index is 9.63. The van der Waals surface area contributed by atoms with Crippen LogP contribution in [0.5, 0.6) is 0 Å². The topological polar surface area (TPSA) is 68.9 Å². The molecule has 1 aromatic heterocycles. The third kappa shape index (κ3) is 0.594. The highest BCUT2D eigenvalue weighted by molar-refractivity contribution is 5.66. The molecule has 5 nitrogen and oxygen atoms in total. The van der Waals surface area contributed by atoms with Gasteiger partial charge in [-0.1, -0.05) is 5.10 Å². The van der Waals surface area contributed by atoms with Crippen LogP contribution in [0, 0.1) is 0 Å². The second kappa shape index (κ2) is 1.46. The summed E-state index contributed by atoms with van der Waals surface area (Å²) in [5.74, 6) is -0.0972. The second-order valence-corrected chi connectivity index (χ2v) is 0.818. The summed E-state index contributed by atoms with van der Waals surface area (Å²) in [6, 6.07) is 0. The van der Waals surface area contributed by atoms with Crippen molar-refractivity contribution in [3.05, 3.63) is 5.89 Å². The van der Waals surface area contributed by atoms with Crippen LogP contribution in [0.3, 0.4) is 0 Å². The van der Waals surface area contributed by atoms with E-state index in [-0.39, 0.29) is 5.89 Å². The molecule has 5 heteroatoms. The molecule has 0 spiro atoms. The van der Waals surface area contributed by atoms with Crippen molar-refractivity contribution in [1.29, 1.82) is 0 Å². The molecular formula is C2HN3O2. The molecular weight excluding hydrogens is 98.0 g/mol. The highest BCUT2D eigenvalue weighted by Crippen LogP contribution is 1.76. The Bertz CT molecular complexity index is 146. The number of rotatable bonds is 1. The van der Waals surface area contributed by atoms with Crippen LogP contribution < -0.4 is 0 Å². The van der Waals surface area contributed by atoms with Crippen LogP contribution in [0.25, 0.3) is 0 Å². The average Bonchev–Trinajstić information content (AvgIpc) is 2.14. The normalized spacial score (nSPS) is 8.57. The Balaban J connectivity index is 2.96. The summed E-state index contributed by atoms with van der Waals surface area (Å²) in [4.78, 5) is 9.63. The summed E-state index contributed by atoms with van der Waals surface area (Å²) in [6.45, 7) is 0. The van der Waals surface area contributed by atoms with Crippen LogP contribution in [-0.4, -0.2) is 21.9 Å². The summed E-state index contributed by atoms with van der Waals surface area (Å²) in [5, 5.41) is 9.06. The molecule has 0 radical (unpaired) electrons. The van der Waals surface area contributed by atoms with Crippen molar-refractivity contribution in [3.63, 3.8) is 0 Å². The lowest BCUT2D eigenvalue weighted by Gasteiger charge is -1.60. The predicted octanol–water partition coefficient (Wildman–Crippen LogP) is -0.723. The zero-order valence-electron chi connectivity index (χ0n) is 3.24. The molecule has 0 saturated carbocycles. The first kappa shape index (κ1) is 3.91. The van der Waals surface area contributed by atoms with Crippen LogP contribution in [0.1, 0.15) is 10.7 Å². The van der Waals surface area contributed by atoms with Gasteiger partial charge in [-0.15, -0.1) is 0 Å². The van der Waals surface area contributed by atoms with Gasteiger partial charge in [0.05, 0.1) is 5.27 Å². The van der Waals surface area contributed by atoms with Gasteiger partial charge in [0.15, 0.2) is 0 Å². The molecule has 36 valence electrons. The summed E-state index contributed by atoms with van der Waals surface area (Å²) < 4.78 is 4.14. The van der Waals surface area contributed by atoms with Gasteiger partial charge in [0.1, 0.15) is 0 Å². The Morgan fingerprint density at radius 2 is 2.57 bits per heavy atom. The fourth-order valence-corrected chi connectivity index (χ4v) is 0.186. The Morgan fingerprint density at radius 3 is 2.86 bits per heavy atom. The average molecular weight is 99.0 g/mol. The van der Waals surface area contributed by atoms with Crippen molar-refractivity contribution in [2.24, 2.45) is 0 Å². The summed E-state index contributed by atoms with van der Waals surface area (Å²) in [5.41, 5.74) is 0. The Hall–Kier alpha value is -1.26. The first-order chi connectivity index (χ1) is 3.43. The molecule has 0 aromatic carbocycles. The zero-order chi connectivity index (χ0) is 5.11. The van der Waals surface area contributed by atoms with Crippen molar-refractivity contribution < 1.29 is 9.32 Å². The lowest BCUT2D eigenvalue weighted by molar-refractivity contribution is 0.108. The molecule has 0 atom stereocenters. The minimum absolute atomic E-state index is 0.0972. The molecule has 0 aliphatic heterocycles. The molecule has 0 N–H and O–H groups in total. The van der Waals surface area contributed by atoms with E-state index in [9.17, 15) is 4.79 Å². The quantitative estimate of drug-likeness (QED) is 0.434. The number of hydrogen-bond acceptors (Lipinski definition) is 5. The van der Waals surface area contributed by atoms with Gasteiger partial charge in [0, 0.05) is 0 Å². The first-order valence-corrected chi connectivity index (χ1v) is 1.53. The molecule has 0 unspecified atom stereocenters. The van der Waals surface area contributed by atoms with Crippen LogP contribution in [-0.2, 0) is 0 Å². The van der Waals surface area contributed by atoms with Gasteiger partial charge in [0.2, 0.25) is 6.29 Å². The van der Waals surface area contributed by atoms with Gasteiger partial charge in [-0.05, 0) is 5.21 Å². The van der Waals surface area contributed by atoms with E-state index in [1.54, 1.807) is 0 Å². The SMILES string of the molecule is O=Cc1nnno1. The molecule has 7 heavy (non-hydrogen) atoms. The maximum absolute atomic E-state index is 9.63. The molecule has 0 saturated heterocycles. The van der Waals surface area contributed by atoms with Gasteiger partial charge in [-0.2, -0.15) is 0 Å². The van der Waals surface area contributed by atoms with E-state index in [2.05, 4.69) is 20.1 Å². The van der Waals surface area contributed by atoms with Gasteiger partial charge < -0.3 is 4.52 Å². The Morgan fingerprint density at radius 1 is 1.71 bits per heavy atom. The fraction of sp³-hybridized carbons (Fsp3) is 0. The van der Waals surface area contributed by atoms with E-state index in [1.807, 2.05) is 0 Å². The van der Waals surface area contributed by atoms with Crippen LogP contribution in [0.2, 0.25) is 0 Å². The second-order valence-electron chi connectivity index (χ2n) is 0.818. The van der Waals surface area contributed by atoms with Crippen LogP contribution in [0.4, 0.5) is 0 Å². The fourth-order valence-electron chi connectivity index (χ4n) is 0.186. The number of aldehydes is 1. The lowest BCUT2D eigenvalue weighted by atomic mass is 10.8. The van der Waals surface area contributed by atoms with E-state index in [0.717, 1.165) is 0 Å². The number of nitrogens with zero attached hydrogens (tertiary/aromatic N) is 3.